The molecule has 2 N–H and O–H groups in total. The van der Waals surface area contributed by atoms with Gasteiger partial charge in [0.2, 0.25) is 0 Å². The Labute approximate surface area is 88.8 Å². The van der Waals surface area contributed by atoms with Crippen molar-refractivity contribution in [2.75, 3.05) is 0 Å². The number of aromatic nitrogens is 3. The highest BCUT2D eigenvalue weighted by atomic mass is 15.1. The summed E-state index contributed by atoms with van der Waals surface area (Å²) in [4.78, 5) is 8.59. The number of nitrogens with two attached hydrogens (primary N) is 1. The fraction of sp³-hybridized carbons (Fsp3) is 0.273. The highest BCUT2D eigenvalue weighted by Crippen LogP contribution is 2.18. The summed E-state index contributed by atoms with van der Waals surface area (Å²) in [5.74, 6) is 0.850. The summed E-state index contributed by atoms with van der Waals surface area (Å²) in [6, 6.07) is 5.76. The maximum atomic E-state index is 5.82. The first kappa shape index (κ1) is 9.86. The molecule has 0 radical (unpaired) electrons. The van der Waals surface area contributed by atoms with E-state index in [4.69, 9.17) is 5.73 Å². The lowest BCUT2D eigenvalue weighted by molar-refractivity contribution is 0.717. The van der Waals surface area contributed by atoms with Gasteiger partial charge in [-0.15, -0.1) is 0 Å². The number of nitrogens with zero attached hydrogens (tertiary/aromatic N) is 3. The second-order valence-electron chi connectivity index (χ2n) is 3.57. The third-order valence-corrected chi connectivity index (χ3v) is 2.38. The SMILES string of the molecule is CC(N)c1cnc(-c2ccccn2)n1C. The molecule has 2 heterocycles. The second-order valence-corrected chi connectivity index (χ2v) is 3.57. The van der Waals surface area contributed by atoms with Gasteiger partial charge in [-0.2, -0.15) is 0 Å². The quantitative estimate of drug-likeness (QED) is 0.803. The standard InChI is InChI=1S/C11H14N4/c1-8(12)10-7-14-11(15(10)2)9-5-3-4-6-13-9/h3-8H,12H2,1-2H3. The summed E-state index contributed by atoms with van der Waals surface area (Å²) in [5, 5.41) is 0. The van der Waals surface area contributed by atoms with Crippen molar-refractivity contribution in [3.05, 3.63) is 36.3 Å². The van der Waals surface area contributed by atoms with Crippen LogP contribution in [0.15, 0.2) is 30.6 Å². The van der Waals surface area contributed by atoms with Crippen LogP contribution in [0.3, 0.4) is 0 Å². The molecule has 0 aliphatic heterocycles. The lowest BCUT2D eigenvalue weighted by atomic mass is 10.3. The van der Waals surface area contributed by atoms with Crippen LogP contribution in [0.25, 0.3) is 11.5 Å². The Bertz CT molecular complexity index is 445. The summed E-state index contributed by atoms with van der Waals surface area (Å²) in [5.41, 5.74) is 7.70. The molecule has 1 atom stereocenters. The number of imidazole rings is 1. The van der Waals surface area contributed by atoms with Crippen molar-refractivity contribution in [1.82, 2.24) is 14.5 Å². The van der Waals surface area contributed by atoms with E-state index in [1.165, 1.54) is 0 Å². The van der Waals surface area contributed by atoms with Crippen LogP contribution in [0.1, 0.15) is 18.7 Å². The average molecular weight is 202 g/mol. The Morgan fingerprint density at radius 3 is 2.67 bits per heavy atom. The maximum Gasteiger partial charge on any atom is 0.158 e. The van der Waals surface area contributed by atoms with E-state index < -0.39 is 0 Å². The summed E-state index contributed by atoms with van der Waals surface area (Å²) in [6.07, 6.45) is 3.56. The Morgan fingerprint density at radius 1 is 1.33 bits per heavy atom. The molecule has 2 aromatic heterocycles. The molecule has 0 aliphatic carbocycles. The average Bonchev–Trinajstić information content (AvgIpc) is 2.61. The van der Waals surface area contributed by atoms with Gasteiger partial charge in [0.1, 0.15) is 5.69 Å². The molecule has 0 fully saturated rings. The summed E-state index contributed by atoms with van der Waals surface area (Å²) >= 11 is 0. The van der Waals surface area contributed by atoms with Gasteiger partial charge in [0.25, 0.3) is 0 Å². The van der Waals surface area contributed by atoms with E-state index in [1.54, 1.807) is 12.4 Å². The summed E-state index contributed by atoms with van der Waals surface area (Å²) < 4.78 is 1.98. The molecule has 1 unspecified atom stereocenters. The van der Waals surface area contributed by atoms with Gasteiger partial charge in [-0.1, -0.05) is 6.07 Å². The number of pyridine rings is 1. The maximum absolute atomic E-state index is 5.82. The zero-order valence-corrected chi connectivity index (χ0v) is 8.88. The normalized spacial score (nSPS) is 12.7. The fourth-order valence-corrected chi connectivity index (χ4v) is 1.58. The molecule has 0 spiro atoms. The molecule has 0 bridgehead atoms. The Kier molecular flexibility index (Phi) is 2.51. The second kappa shape index (κ2) is 3.82. The Hall–Kier alpha value is -1.68. The van der Waals surface area contributed by atoms with Crippen molar-refractivity contribution in [1.29, 1.82) is 0 Å². The highest BCUT2D eigenvalue weighted by Gasteiger charge is 2.11. The molecular formula is C11H14N4. The molecule has 2 aromatic rings. The fourth-order valence-electron chi connectivity index (χ4n) is 1.58. The van der Waals surface area contributed by atoms with Gasteiger partial charge in [-0.25, -0.2) is 4.98 Å². The van der Waals surface area contributed by atoms with Crippen molar-refractivity contribution in [3.8, 4) is 11.5 Å². The zero-order valence-electron chi connectivity index (χ0n) is 8.88. The first-order valence-corrected chi connectivity index (χ1v) is 4.88. The van der Waals surface area contributed by atoms with Gasteiger partial charge >= 0.3 is 0 Å². The van der Waals surface area contributed by atoms with Crippen LogP contribution < -0.4 is 5.73 Å². The predicted octanol–water partition coefficient (Wildman–Crippen LogP) is 1.50. The van der Waals surface area contributed by atoms with Gasteiger partial charge in [-0.05, 0) is 19.1 Å². The van der Waals surface area contributed by atoms with Crippen molar-refractivity contribution >= 4 is 0 Å². The third-order valence-electron chi connectivity index (χ3n) is 2.38. The highest BCUT2D eigenvalue weighted by molar-refractivity contribution is 5.50. The summed E-state index contributed by atoms with van der Waals surface area (Å²) in [7, 11) is 1.95. The van der Waals surface area contributed by atoms with Crippen LogP contribution in [0.5, 0.6) is 0 Å². The van der Waals surface area contributed by atoms with Gasteiger partial charge in [-0.3, -0.25) is 4.98 Å². The van der Waals surface area contributed by atoms with Gasteiger partial charge < -0.3 is 10.3 Å². The smallest absolute Gasteiger partial charge is 0.158 e. The van der Waals surface area contributed by atoms with E-state index in [-0.39, 0.29) is 6.04 Å². The molecule has 78 valence electrons. The van der Waals surface area contributed by atoms with E-state index >= 15 is 0 Å². The molecular weight excluding hydrogens is 188 g/mol. The minimum absolute atomic E-state index is 0.0139. The van der Waals surface area contributed by atoms with Crippen LogP contribution in [0.2, 0.25) is 0 Å². The van der Waals surface area contributed by atoms with Crippen LogP contribution in [0, 0.1) is 0 Å². The van der Waals surface area contributed by atoms with E-state index in [0.29, 0.717) is 0 Å². The third kappa shape index (κ3) is 1.76. The molecule has 4 heteroatoms. The van der Waals surface area contributed by atoms with Crippen LogP contribution >= 0.6 is 0 Å². The largest absolute Gasteiger partial charge is 0.328 e. The lowest BCUT2D eigenvalue weighted by Crippen LogP contribution is -2.10. The Balaban J connectivity index is 2.47. The first-order chi connectivity index (χ1) is 7.20. The molecule has 0 amide bonds. The molecule has 0 aliphatic rings. The molecule has 4 nitrogen and oxygen atoms in total. The van der Waals surface area contributed by atoms with E-state index in [0.717, 1.165) is 17.2 Å². The molecule has 0 aromatic carbocycles. The zero-order chi connectivity index (χ0) is 10.8. The topological polar surface area (TPSA) is 56.7 Å². The molecule has 0 saturated carbocycles. The predicted molar refractivity (Wildman–Crippen MR) is 59.0 cm³/mol. The van der Waals surface area contributed by atoms with E-state index in [2.05, 4.69) is 9.97 Å². The number of hydrogen-bond donors (Lipinski definition) is 1. The van der Waals surface area contributed by atoms with Crippen molar-refractivity contribution in [2.24, 2.45) is 12.8 Å². The van der Waals surface area contributed by atoms with E-state index in [1.807, 2.05) is 36.7 Å². The number of hydrogen-bond acceptors (Lipinski definition) is 3. The van der Waals surface area contributed by atoms with Crippen molar-refractivity contribution < 1.29 is 0 Å². The lowest BCUT2D eigenvalue weighted by Gasteiger charge is -2.07. The molecule has 2 rings (SSSR count). The minimum Gasteiger partial charge on any atom is -0.328 e. The van der Waals surface area contributed by atoms with Crippen molar-refractivity contribution in [3.63, 3.8) is 0 Å². The first-order valence-electron chi connectivity index (χ1n) is 4.88. The van der Waals surface area contributed by atoms with Crippen molar-refractivity contribution in [2.45, 2.75) is 13.0 Å². The van der Waals surface area contributed by atoms with Crippen LogP contribution in [0.4, 0.5) is 0 Å². The van der Waals surface area contributed by atoms with Gasteiger partial charge in [0, 0.05) is 19.3 Å². The van der Waals surface area contributed by atoms with Crippen LogP contribution in [-0.4, -0.2) is 14.5 Å². The summed E-state index contributed by atoms with van der Waals surface area (Å²) in [6.45, 7) is 1.94. The molecule has 0 saturated heterocycles. The Morgan fingerprint density at radius 2 is 2.13 bits per heavy atom. The van der Waals surface area contributed by atoms with E-state index in [9.17, 15) is 0 Å². The van der Waals surface area contributed by atoms with Gasteiger partial charge in [0.15, 0.2) is 5.82 Å². The minimum atomic E-state index is -0.0139. The number of rotatable bonds is 2. The monoisotopic (exact) mass is 202 g/mol. The molecule has 15 heavy (non-hydrogen) atoms. The van der Waals surface area contributed by atoms with Gasteiger partial charge in [0.05, 0.1) is 11.9 Å². The van der Waals surface area contributed by atoms with Crippen LogP contribution in [-0.2, 0) is 7.05 Å².